The van der Waals surface area contributed by atoms with E-state index in [0.717, 1.165) is 4.90 Å². The Morgan fingerprint density at radius 3 is 2.76 bits per heavy atom. The van der Waals surface area contributed by atoms with Crippen molar-refractivity contribution in [3.63, 3.8) is 0 Å². The summed E-state index contributed by atoms with van der Waals surface area (Å²) in [5, 5.41) is 36.3. The molecular weight excluding hydrogens is 282 g/mol. The third kappa shape index (κ3) is 2.49. The number of carbonyl (C=O) groups excluding carboxylic acids is 1. The Morgan fingerprint density at radius 1 is 1.62 bits per heavy atom. The minimum Gasteiger partial charge on any atom is -0.394 e. The van der Waals surface area contributed by atoms with Crippen LogP contribution in [0.25, 0.3) is 0 Å². The number of nitrogens with two attached hydrogens (primary N) is 1. The van der Waals surface area contributed by atoms with Crippen LogP contribution in [0.3, 0.4) is 0 Å². The average Bonchev–Trinajstić information content (AvgIpc) is 3.01. The van der Waals surface area contributed by atoms with Gasteiger partial charge in [0.25, 0.3) is 0 Å². The fourth-order valence-electron chi connectivity index (χ4n) is 2.24. The van der Waals surface area contributed by atoms with Gasteiger partial charge in [0.05, 0.1) is 12.9 Å². The van der Waals surface area contributed by atoms with E-state index in [1.807, 2.05) is 0 Å². The van der Waals surface area contributed by atoms with Crippen LogP contribution in [-0.2, 0) is 9.53 Å². The number of nitrogens with zero attached hydrogens (tertiary/aromatic N) is 3. The van der Waals surface area contributed by atoms with E-state index < -0.39 is 31.1 Å². The molecular formula is C11H17N5O5. The molecule has 4 atom stereocenters. The van der Waals surface area contributed by atoms with E-state index in [-0.39, 0.29) is 17.3 Å². The number of ether oxygens (including phenoxy) is 1. The molecule has 21 heavy (non-hydrogen) atoms. The monoisotopic (exact) mass is 299 g/mol. The molecule has 1 amide bonds. The minimum atomic E-state index is -1.32. The van der Waals surface area contributed by atoms with E-state index in [9.17, 15) is 15.0 Å². The van der Waals surface area contributed by atoms with E-state index in [1.54, 1.807) is 0 Å². The summed E-state index contributed by atoms with van der Waals surface area (Å²) in [7, 11) is 1.42. The van der Waals surface area contributed by atoms with Gasteiger partial charge >= 0.3 is 0 Å². The molecule has 116 valence electrons. The first-order valence-corrected chi connectivity index (χ1v) is 6.14. The fraction of sp³-hybridized carbons (Fsp3) is 0.545. The van der Waals surface area contributed by atoms with Gasteiger partial charge in [-0.3, -0.25) is 14.8 Å². The second-order valence-corrected chi connectivity index (χ2v) is 4.68. The molecule has 2 rings (SSSR count). The highest BCUT2D eigenvalue weighted by atomic mass is 16.6. The lowest BCUT2D eigenvalue weighted by Crippen LogP contribution is -2.33. The zero-order valence-corrected chi connectivity index (χ0v) is 11.2. The molecule has 2 heterocycles. The molecule has 1 aliphatic rings. The van der Waals surface area contributed by atoms with Crippen molar-refractivity contribution in [2.75, 3.05) is 18.6 Å². The van der Waals surface area contributed by atoms with Crippen LogP contribution in [0.4, 0.5) is 5.82 Å². The summed E-state index contributed by atoms with van der Waals surface area (Å²) in [6.45, 7) is -0.470. The summed E-state index contributed by atoms with van der Waals surface area (Å²) in [5.41, 5.74) is 5.45. The first-order chi connectivity index (χ1) is 9.92. The maximum atomic E-state index is 11.0. The molecule has 0 aromatic carbocycles. The number of nitrogen functional groups attached to an aromatic ring is 1. The number of aliphatic hydroxyl groups excluding tert-OH is 3. The van der Waals surface area contributed by atoms with Gasteiger partial charge < -0.3 is 30.7 Å². The zero-order valence-electron chi connectivity index (χ0n) is 11.2. The third-order valence-corrected chi connectivity index (χ3v) is 3.31. The highest BCUT2D eigenvalue weighted by Crippen LogP contribution is 2.33. The van der Waals surface area contributed by atoms with Gasteiger partial charge in [-0.05, 0) is 0 Å². The lowest BCUT2D eigenvalue weighted by molar-refractivity contribution is -0.107. The molecule has 1 fully saturated rings. The number of aromatic nitrogens is 2. The molecule has 1 saturated heterocycles. The van der Waals surface area contributed by atoms with Gasteiger partial charge in [0.1, 0.15) is 35.7 Å². The molecule has 1 aromatic heterocycles. The standard InChI is InChI=1S/C11H17N5O5/c1-15(4-18)10-6(9(12)13)14-3-16(10)11-8(20)7(19)5(2-17)21-11/h3-5,7-8,11,17,19-20H,2H2,1H3,(H3,12,13)/t5-,7-,8-,11-/m1/s1. The van der Waals surface area contributed by atoms with E-state index in [2.05, 4.69) is 4.98 Å². The molecule has 0 aliphatic carbocycles. The van der Waals surface area contributed by atoms with Crippen LogP contribution >= 0.6 is 0 Å². The highest BCUT2D eigenvalue weighted by Gasteiger charge is 2.44. The Kier molecular flexibility index (Phi) is 4.23. The van der Waals surface area contributed by atoms with Crippen LogP contribution in [0.5, 0.6) is 0 Å². The maximum absolute atomic E-state index is 11.0. The SMILES string of the molecule is CN(C=O)c1c(C(=N)N)ncn1[C@@H]1O[C@H](CO)[C@@H](O)[C@H]1O. The van der Waals surface area contributed by atoms with Crippen LogP contribution in [0.1, 0.15) is 11.9 Å². The van der Waals surface area contributed by atoms with Crippen molar-refractivity contribution in [3.8, 4) is 0 Å². The summed E-state index contributed by atoms with van der Waals surface area (Å²) in [4.78, 5) is 16.0. The first-order valence-electron chi connectivity index (χ1n) is 6.14. The summed E-state index contributed by atoms with van der Waals surface area (Å²) in [6.07, 6.45) is -2.89. The topological polar surface area (TPSA) is 158 Å². The summed E-state index contributed by atoms with van der Waals surface area (Å²) in [5.74, 6) is -0.212. The van der Waals surface area contributed by atoms with Crippen LogP contribution in [0.15, 0.2) is 6.33 Å². The van der Waals surface area contributed by atoms with Crippen molar-refractivity contribution >= 4 is 18.1 Å². The Hall–Kier alpha value is -2.01. The molecule has 0 radical (unpaired) electrons. The second-order valence-electron chi connectivity index (χ2n) is 4.68. The summed E-state index contributed by atoms with van der Waals surface area (Å²) in [6, 6.07) is 0. The van der Waals surface area contributed by atoms with Crippen molar-refractivity contribution in [1.82, 2.24) is 9.55 Å². The normalized spacial score (nSPS) is 28.6. The van der Waals surface area contributed by atoms with Crippen LogP contribution in [0.2, 0.25) is 0 Å². The van der Waals surface area contributed by atoms with Crippen LogP contribution in [0, 0.1) is 5.41 Å². The van der Waals surface area contributed by atoms with Gasteiger partial charge in [-0.1, -0.05) is 0 Å². The smallest absolute Gasteiger partial charge is 0.215 e. The Labute approximate surface area is 119 Å². The molecule has 0 bridgehead atoms. The van der Waals surface area contributed by atoms with E-state index in [4.69, 9.17) is 21.0 Å². The maximum Gasteiger partial charge on any atom is 0.215 e. The van der Waals surface area contributed by atoms with Gasteiger partial charge in [0.2, 0.25) is 6.41 Å². The second kappa shape index (κ2) is 5.77. The lowest BCUT2D eigenvalue weighted by atomic mass is 10.1. The predicted octanol–water partition coefficient (Wildman–Crippen LogP) is -2.63. The quantitative estimate of drug-likeness (QED) is 0.226. The molecule has 10 nitrogen and oxygen atoms in total. The van der Waals surface area contributed by atoms with Crippen molar-refractivity contribution in [2.45, 2.75) is 24.5 Å². The Morgan fingerprint density at radius 2 is 2.29 bits per heavy atom. The number of imidazole rings is 1. The highest BCUT2D eigenvalue weighted by molar-refractivity contribution is 5.99. The molecule has 0 spiro atoms. The van der Waals surface area contributed by atoms with Crippen molar-refractivity contribution in [1.29, 1.82) is 5.41 Å². The number of hydrogen-bond donors (Lipinski definition) is 5. The molecule has 0 saturated carbocycles. The lowest BCUT2D eigenvalue weighted by Gasteiger charge is -2.22. The van der Waals surface area contributed by atoms with E-state index >= 15 is 0 Å². The average molecular weight is 299 g/mol. The summed E-state index contributed by atoms with van der Waals surface area (Å²) < 4.78 is 6.66. The number of rotatable bonds is 5. The molecule has 6 N–H and O–H groups in total. The van der Waals surface area contributed by atoms with Gasteiger partial charge in [0, 0.05) is 7.05 Å². The Balaban J connectivity index is 2.45. The number of carbonyl (C=O) groups is 1. The van der Waals surface area contributed by atoms with Crippen molar-refractivity contribution < 1.29 is 24.9 Å². The number of nitrogens with one attached hydrogen (secondary N) is 1. The van der Waals surface area contributed by atoms with Gasteiger partial charge in [0.15, 0.2) is 6.23 Å². The number of amides is 1. The molecule has 1 aromatic rings. The summed E-state index contributed by atoms with van der Waals surface area (Å²) >= 11 is 0. The van der Waals surface area contributed by atoms with Gasteiger partial charge in [-0.15, -0.1) is 0 Å². The van der Waals surface area contributed by atoms with Crippen molar-refractivity contribution in [2.24, 2.45) is 5.73 Å². The first kappa shape index (κ1) is 15.4. The number of aliphatic hydroxyl groups is 3. The van der Waals surface area contributed by atoms with Gasteiger partial charge in [-0.2, -0.15) is 0 Å². The van der Waals surface area contributed by atoms with E-state index in [0.29, 0.717) is 6.41 Å². The number of anilines is 1. The molecule has 10 heteroatoms. The van der Waals surface area contributed by atoms with E-state index in [1.165, 1.54) is 17.9 Å². The third-order valence-electron chi connectivity index (χ3n) is 3.31. The Bertz CT molecular complexity index is 547. The van der Waals surface area contributed by atoms with Crippen LogP contribution in [-0.4, -0.2) is 69.1 Å². The molecule has 0 unspecified atom stereocenters. The number of hydrogen-bond acceptors (Lipinski definition) is 7. The number of amidine groups is 1. The minimum absolute atomic E-state index is 0.0438. The fourth-order valence-corrected chi connectivity index (χ4v) is 2.24. The predicted molar refractivity (Wildman–Crippen MR) is 70.7 cm³/mol. The largest absolute Gasteiger partial charge is 0.394 e. The van der Waals surface area contributed by atoms with Crippen molar-refractivity contribution in [3.05, 3.63) is 12.0 Å². The van der Waals surface area contributed by atoms with Gasteiger partial charge in [-0.25, -0.2) is 4.98 Å². The molecule has 1 aliphatic heterocycles. The zero-order chi connectivity index (χ0) is 15.7. The van der Waals surface area contributed by atoms with Crippen LogP contribution < -0.4 is 10.6 Å².